The Labute approximate surface area is 66.7 Å². The van der Waals surface area contributed by atoms with Gasteiger partial charge in [0.2, 0.25) is 0 Å². The highest BCUT2D eigenvalue weighted by Gasteiger charge is 2.43. The maximum Gasteiger partial charge on any atom is 0.0965 e. The fourth-order valence-electron chi connectivity index (χ4n) is 2.06. The molecule has 3 nitrogen and oxygen atoms in total. The van der Waals surface area contributed by atoms with Crippen LogP contribution in [0.4, 0.5) is 0 Å². The van der Waals surface area contributed by atoms with Crippen LogP contribution in [0, 0.1) is 0 Å². The molecule has 1 atom stereocenters. The standard InChI is InChI=1S/C8H15NO2/c10-7-1-6-11-8(7)2-4-9-5-3-8/h7,9-10H,1-6H2/t7-/m1/s1. The van der Waals surface area contributed by atoms with Gasteiger partial charge in [0.05, 0.1) is 18.3 Å². The number of aliphatic hydroxyl groups excluding tert-OH is 1. The van der Waals surface area contributed by atoms with E-state index in [9.17, 15) is 5.11 Å². The fraction of sp³-hybridized carbons (Fsp3) is 1.00. The summed E-state index contributed by atoms with van der Waals surface area (Å²) in [5, 5.41) is 12.9. The molecule has 0 saturated carbocycles. The van der Waals surface area contributed by atoms with E-state index >= 15 is 0 Å². The molecule has 2 fully saturated rings. The Morgan fingerprint density at radius 2 is 2.09 bits per heavy atom. The smallest absolute Gasteiger partial charge is 0.0965 e. The molecule has 1 spiro atoms. The number of hydrogen-bond acceptors (Lipinski definition) is 3. The van der Waals surface area contributed by atoms with E-state index in [1.54, 1.807) is 0 Å². The Bertz CT molecular complexity index is 143. The first-order chi connectivity index (χ1) is 5.33. The highest BCUT2D eigenvalue weighted by Crippen LogP contribution is 2.33. The molecule has 2 saturated heterocycles. The van der Waals surface area contributed by atoms with Gasteiger partial charge in [0.25, 0.3) is 0 Å². The van der Waals surface area contributed by atoms with Gasteiger partial charge in [-0.25, -0.2) is 0 Å². The van der Waals surface area contributed by atoms with E-state index in [1.165, 1.54) is 0 Å². The van der Waals surface area contributed by atoms with E-state index in [0.717, 1.165) is 39.0 Å². The quantitative estimate of drug-likeness (QED) is 0.515. The predicted molar refractivity (Wildman–Crippen MR) is 41.4 cm³/mol. The first kappa shape index (κ1) is 7.53. The minimum atomic E-state index is -0.218. The average molecular weight is 157 g/mol. The van der Waals surface area contributed by atoms with Crippen LogP contribution in [0.25, 0.3) is 0 Å². The summed E-state index contributed by atoms with van der Waals surface area (Å²) in [6, 6.07) is 0. The molecule has 0 bridgehead atoms. The average Bonchev–Trinajstić information content (AvgIpc) is 2.36. The SMILES string of the molecule is O[C@@H]1CCOC12CCNCC2. The molecule has 0 amide bonds. The lowest BCUT2D eigenvalue weighted by molar-refractivity contribution is -0.0764. The summed E-state index contributed by atoms with van der Waals surface area (Å²) >= 11 is 0. The number of ether oxygens (including phenoxy) is 1. The molecular formula is C8H15NO2. The minimum Gasteiger partial charge on any atom is -0.390 e. The number of piperidine rings is 1. The van der Waals surface area contributed by atoms with Gasteiger partial charge in [-0.05, 0) is 32.4 Å². The summed E-state index contributed by atoms with van der Waals surface area (Å²) in [6.07, 6.45) is 2.53. The minimum absolute atomic E-state index is 0.175. The molecule has 0 unspecified atom stereocenters. The molecule has 0 aromatic heterocycles. The second-order valence-electron chi connectivity index (χ2n) is 3.47. The molecule has 2 rings (SSSR count). The van der Waals surface area contributed by atoms with Crippen LogP contribution in [-0.2, 0) is 4.74 Å². The van der Waals surface area contributed by atoms with Crippen molar-refractivity contribution in [3.8, 4) is 0 Å². The number of aliphatic hydroxyl groups is 1. The third kappa shape index (κ3) is 1.17. The van der Waals surface area contributed by atoms with Crippen LogP contribution >= 0.6 is 0 Å². The van der Waals surface area contributed by atoms with E-state index in [-0.39, 0.29) is 11.7 Å². The monoisotopic (exact) mass is 157 g/mol. The van der Waals surface area contributed by atoms with Crippen molar-refractivity contribution in [3.63, 3.8) is 0 Å². The van der Waals surface area contributed by atoms with Crippen LogP contribution < -0.4 is 5.32 Å². The van der Waals surface area contributed by atoms with Crippen LogP contribution in [0.5, 0.6) is 0 Å². The van der Waals surface area contributed by atoms with Crippen molar-refractivity contribution in [2.24, 2.45) is 0 Å². The molecule has 64 valence electrons. The van der Waals surface area contributed by atoms with Crippen LogP contribution in [0.1, 0.15) is 19.3 Å². The molecule has 2 aliphatic heterocycles. The van der Waals surface area contributed by atoms with Crippen molar-refractivity contribution in [2.45, 2.75) is 31.0 Å². The largest absolute Gasteiger partial charge is 0.390 e. The maximum atomic E-state index is 9.65. The van der Waals surface area contributed by atoms with E-state index in [4.69, 9.17) is 4.74 Å². The van der Waals surface area contributed by atoms with Gasteiger partial charge in [-0.1, -0.05) is 0 Å². The molecule has 11 heavy (non-hydrogen) atoms. The van der Waals surface area contributed by atoms with Gasteiger partial charge in [-0.2, -0.15) is 0 Å². The third-order valence-corrected chi connectivity index (χ3v) is 2.84. The number of rotatable bonds is 0. The van der Waals surface area contributed by atoms with Gasteiger partial charge in [0, 0.05) is 0 Å². The lowest BCUT2D eigenvalue weighted by Gasteiger charge is -2.35. The lowest BCUT2D eigenvalue weighted by atomic mass is 9.87. The summed E-state index contributed by atoms with van der Waals surface area (Å²) in [4.78, 5) is 0. The molecule has 2 aliphatic rings. The first-order valence-corrected chi connectivity index (χ1v) is 4.36. The predicted octanol–water partition coefficient (Wildman–Crippen LogP) is -0.110. The topological polar surface area (TPSA) is 41.5 Å². The Morgan fingerprint density at radius 3 is 2.64 bits per heavy atom. The van der Waals surface area contributed by atoms with Crippen LogP contribution in [-0.4, -0.2) is 36.5 Å². The summed E-state index contributed by atoms with van der Waals surface area (Å²) in [5.74, 6) is 0. The van der Waals surface area contributed by atoms with Gasteiger partial charge in [-0.3, -0.25) is 0 Å². The second kappa shape index (κ2) is 2.73. The summed E-state index contributed by atoms with van der Waals surface area (Å²) in [6.45, 7) is 2.70. The lowest BCUT2D eigenvalue weighted by Crippen LogP contribution is -2.48. The van der Waals surface area contributed by atoms with Crippen molar-refractivity contribution in [1.29, 1.82) is 0 Å². The molecule has 0 aromatic rings. The normalized spacial score (nSPS) is 36.3. The van der Waals surface area contributed by atoms with Crippen LogP contribution in [0.2, 0.25) is 0 Å². The van der Waals surface area contributed by atoms with Gasteiger partial charge < -0.3 is 15.2 Å². The van der Waals surface area contributed by atoms with E-state index in [0.29, 0.717) is 0 Å². The van der Waals surface area contributed by atoms with Gasteiger partial charge in [0.15, 0.2) is 0 Å². The maximum absolute atomic E-state index is 9.65. The van der Waals surface area contributed by atoms with E-state index < -0.39 is 0 Å². The van der Waals surface area contributed by atoms with Crippen molar-refractivity contribution in [3.05, 3.63) is 0 Å². The molecular weight excluding hydrogens is 142 g/mol. The highest BCUT2D eigenvalue weighted by molar-refractivity contribution is 4.95. The summed E-state index contributed by atoms with van der Waals surface area (Å²) in [5.41, 5.74) is -0.175. The van der Waals surface area contributed by atoms with Crippen LogP contribution in [0.15, 0.2) is 0 Å². The third-order valence-electron chi connectivity index (χ3n) is 2.84. The van der Waals surface area contributed by atoms with Gasteiger partial charge >= 0.3 is 0 Å². The Morgan fingerprint density at radius 1 is 1.36 bits per heavy atom. The molecule has 3 heteroatoms. The Hall–Kier alpha value is -0.120. The molecule has 2 N–H and O–H groups in total. The van der Waals surface area contributed by atoms with Crippen LogP contribution in [0.3, 0.4) is 0 Å². The number of nitrogens with one attached hydrogen (secondary N) is 1. The zero-order valence-corrected chi connectivity index (χ0v) is 6.68. The van der Waals surface area contributed by atoms with Gasteiger partial charge in [0.1, 0.15) is 0 Å². The molecule has 0 aliphatic carbocycles. The molecule has 0 aromatic carbocycles. The summed E-state index contributed by atoms with van der Waals surface area (Å²) < 4.78 is 5.60. The molecule has 2 heterocycles. The fourth-order valence-corrected chi connectivity index (χ4v) is 2.06. The number of hydrogen-bond donors (Lipinski definition) is 2. The molecule has 0 radical (unpaired) electrons. The van der Waals surface area contributed by atoms with Gasteiger partial charge in [-0.15, -0.1) is 0 Å². The van der Waals surface area contributed by atoms with E-state index in [1.807, 2.05) is 0 Å². The second-order valence-corrected chi connectivity index (χ2v) is 3.47. The van der Waals surface area contributed by atoms with Crippen molar-refractivity contribution in [2.75, 3.05) is 19.7 Å². The van der Waals surface area contributed by atoms with E-state index in [2.05, 4.69) is 5.32 Å². The van der Waals surface area contributed by atoms with Crippen molar-refractivity contribution >= 4 is 0 Å². The highest BCUT2D eigenvalue weighted by atomic mass is 16.5. The first-order valence-electron chi connectivity index (χ1n) is 4.36. The Kier molecular flexibility index (Phi) is 1.87. The van der Waals surface area contributed by atoms with Crippen molar-refractivity contribution < 1.29 is 9.84 Å². The zero-order valence-electron chi connectivity index (χ0n) is 6.68. The van der Waals surface area contributed by atoms with Crippen molar-refractivity contribution in [1.82, 2.24) is 5.32 Å². The zero-order chi connectivity index (χ0) is 7.73. The summed E-state index contributed by atoms with van der Waals surface area (Å²) in [7, 11) is 0. The Balaban J connectivity index is 2.06.